The van der Waals surface area contributed by atoms with Crippen molar-refractivity contribution in [1.82, 2.24) is 15.3 Å². The molecule has 2 unspecified atom stereocenters. The van der Waals surface area contributed by atoms with Gasteiger partial charge in [-0.1, -0.05) is 33.8 Å². The first-order valence-electron chi connectivity index (χ1n) is 10.0. The van der Waals surface area contributed by atoms with Gasteiger partial charge in [0.25, 0.3) is 5.91 Å². The third-order valence-electron chi connectivity index (χ3n) is 5.64. The lowest BCUT2D eigenvalue weighted by atomic mass is 9.84. The van der Waals surface area contributed by atoms with Gasteiger partial charge in [0.05, 0.1) is 30.8 Å². The standard InChI is InChI=1S/C22H26N4O4/c1-6-22(5)18(27)26(20(28)25-22)14-10-23-19(24-11-14)30-15-8-7-13-12-29-17(16(13)9-15)21(2,3)4/h7-11,17H,6,12H2,1-5H3,(H,25,28). The summed E-state index contributed by atoms with van der Waals surface area (Å²) in [4.78, 5) is 34.3. The lowest BCUT2D eigenvalue weighted by Gasteiger charge is -2.26. The molecule has 0 aliphatic carbocycles. The van der Waals surface area contributed by atoms with E-state index in [0.29, 0.717) is 24.5 Å². The van der Waals surface area contributed by atoms with Crippen LogP contribution in [0.3, 0.4) is 0 Å². The van der Waals surface area contributed by atoms with Crippen molar-refractivity contribution in [2.75, 3.05) is 4.90 Å². The maximum Gasteiger partial charge on any atom is 0.329 e. The normalized spacial score (nSPS) is 23.5. The zero-order valence-electron chi connectivity index (χ0n) is 17.9. The second-order valence-electron chi connectivity index (χ2n) is 9.00. The number of nitrogens with one attached hydrogen (secondary N) is 1. The van der Waals surface area contributed by atoms with Crippen LogP contribution in [0.15, 0.2) is 30.6 Å². The number of fused-ring (bicyclic) bond motifs is 1. The van der Waals surface area contributed by atoms with Gasteiger partial charge in [0.1, 0.15) is 11.3 Å². The predicted octanol–water partition coefficient (Wildman–Crippen LogP) is 4.11. The average molecular weight is 410 g/mol. The number of hydrogen-bond donors (Lipinski definition) is 1. The first kappa shape index (κ1) is 20.3. The van der Waals surface area contributed by atoms with Gasteiger partial charge in [0.2, 0.25) is 0 Å². The Morgan fingerprint density at radius 1 is 1.27 bits per heavy atom. The van der Waals surface area contributed by atoms with E-state index in [-0.39, 0.29) is 23.4 Å². The van der Waals surface area contributed by atoms with Gasteiger partial charge in [-0.05, 0) is 42.0 Å². The highest BCUT2D eigenvalue weighted by atomic mass is 16.5. The average Bonchev–Trinajstić information content (AvgIpc) is 3.21. The van der Waals surface area contributed by atoms with Gasteiger partial charge in [0.15, 0.2) is 0 Å². The van der Waals surface area contributed by atoms with Crippen LogP contribution < -0.4 is 15.0 Å². The Morgan fingerprint density at radius 3 is 2.57 bits per heavy atom. The quantitative estimate of drug-likeness (QED) is 0.763. The summed E-state index contributed by atoms with van der Waals surface area (Å²) >= 11 is 0. The molecule has 3 heterocycles. The molecule has 1 fully saturated rings. The van der Waals surface area contributed by atoms with Crippen molar-refractivity contribution < 1.29 is 19.1 Å². The summed E-state index contributed by atoms with van der Waals surface area (Å²) in [5.41, 5.74) is 1.61. The first-order chi connectivity index (χ1) is 14.1. The number of anilines is 1. The van der Waals surface area contributed by atoms with Gasteiger partial charge >= 0.3 is 12.0 Å². The van der Waals surface area contributed by atoms with Crippen LogP contribution in [-0.2, 0) is 16.1 Å². The van der Waals surface area contributed by atoms with Crippen LogP contribution in [0.2, 0.25) is 0 Å². The van der Waals surface area contributed by atoms with Crippen LogP contribution in [0.25, 0.3) is 0 Å². The minimum Gasteiger partial charge on any atom is -0.424 e. The number of hydrogen-bond acceptors (Lipinski definition) is 6. The molecule has 0 radical (unpaired) electrons. The fourth-order valence-corrected chi connectivity index (χ4v) is 3.73. The van der Waals surface area contributed by atoms with Gasteiger partial charge in [-0.3, -0.25) is 4.79 Å². The third kappa shape index (κ3) is 3.41. The Hall–Kier alpha value is -3.00. The van der Waals surface area contributed by atoms with Crippen molar-refractivity contribution in [2.24, 2.45) is 5.41 Å². The molecule has 8 heteroatoms. The zero-order chi connectivity index (χ0) is 21.7. The highest BCUT2D eigenvalue weighted by Crippen LogP contribution is 2.44. The summed E-state index contributed by atoms with van der Waals surface area (Å²) in [5.74, 6) is 0.286. The second kappa shape index (κ2) is 7.05. The number of carbonyl (C=O) groups is 2. The van der Waals surface area contributed by atoms with Crippen LogP contribution in [0, 0.1) is 5.41 Å². The number of rotatable bonds is 4. The van der Waals surface area contributed by atoms with E-state index in [1.165, 1.54) is 12.4 Å². The number of benzene rings is 1. The van der Waals surface area contributed by atoms with E-state index in [9.17, 15) is 9.59 Å². The summed E-state index contributed by atoms with van der Waals surface area (Å²) < 4.78 is 11.8. The summed E-state index contributed by atoms with van der Waals surface area (Å²) in [7, 11) is 0. The molecule has 3 amide bonds. The summed E-state index contributed by atoms with van der Waals surface area (Å²) in [6.45, 7) is 10.6. The lowest BCUT2D eigenvalue weighted by molar-refractivity contribution is -0.121. The second-order valence-corrected chi connectivity index (χ2v) is 9.00. The van der Waals surface area contributed by atoms with Gasteiger partial charge in [0, 0.05) is 0 Å². The fraction of sp³-hybridized carbons (Fsp3) is 0.455. The molecule has 1 N–H and O–H groups in total. The molecule has 2 aliphatic heterocycles. The lowest BCUT2D eigenvalue weighted by Crippen LogP contribution is -2.43. The van der Waals surface area contributed by atoms with E-state index in [1.807, 2.05) is 25.1 Å². The monoisotopic (exact) mass is 410 g/mol. The van der Waals surface area contributed by atoms with Crippen LogP contribution in [0.1, 0.15) is 58.3 Å². The Balaban J connectivity index is 1.53. The number of nitrogens with zero attached hydrogens (tertiary/aromatic N) is 3. The Kier molecular flexibility index (Phi) is 4.77. The highest BCUT2D eigenvalue weighted by Gasteiger charge is 2.47. The molecule has 2 aliphatic rings. The van der Waals surface area contributed by atoms with Crippen LogP contribution in [0.5, 0.6) is 11.8 Å². The number of amides is 3. The molecular formula is C22H26N4O4. The van der Waals surface area contributed by atoms with Crippen LogP contribution >= 0.6 is 0 Å². The topological polar surface area (TPSA) is 93.7 Å². The number of ether oxygens (including phenoxy) is 2. The maximum absolute atomic E-state index is 12.6. The molecule has 0 spiro atoms. The van der Waals surface area contributed by atoms with Crippen molar-refractivity contribution >= 4 is 17.6 Å². The van der Waals surface area contributed by atoms with E-state index in [1.54, 1.807) is 6.92 Å². The fourth-order valence-electron chi connectivity index (χ4n) is 3.73. The maximum atomic E-state index is 12.6. The molecule has 8 nitrogen and oxygen atoms in total. The molecule has 30 heavy (non-hydrogen) atoms. The van der Waals surface area contributed by atoms with Crippen molar-refractivity contribution in [3.05, 3.63) is 41.7 Å². The number of imide groups is 1. The zero-order valence-corrected chi connectivity index (χ0v) is 17.9. The Labute approximate surface area is 175 Å². The number of carbonyl (C=O) groups excluding carboxylic acids is 2. The molecule has 0 saturated carbocycles. The van der Waals surface area contributed by atoms with E-state index in [4.69, 9.17) is 9.47 Å². The van der Waals surface area contributed by atoms with Gasteiger partial charge < -0.3 is 14.8 Å². The SMILES string of the molecule is CCC1(C)NC(=O)N(c2cnc(Oc3ccc4c(c3)C(C(C)(C)C)OC4)nc2)C1=O. The van der Waals surface area contributed by atoms with E-state index in [2.05, 4.69) is 36.1 Å². The molecule has 4 rings (SSSR count). The van der Waals surface area contributed by atoms with Gasteiger partial charge in [-0.25, -0.2) is 19.7 Å². The van der Waals surface area contributed by atoms with Gasteiger partial charge in [-0.15, -0.1) is 0 Å². The summed E-state index contributed by atoms with van der Waals surface area (Å²) in [6, 6.07) is 5.46. The molecular weight excluding hydrogens is 384 g/mol. The molecule has 158 valence electrons. The van der Waals surface area contributed by atoms with Crippen molar-refractivity contribution in [1.29, 1.82) is 0 Å². The first-order valence-corrected chi connectivity index (χ1v) is 10.0. The van der Waals surface area contributed by atoms with Crippen LogP contribution in [0.4, 0.5) is 10.5 Å². The van der Waals surface area contributed by atoms with E-state index >= 15 is 0 Å². The molecule has 1 aromatic carbocycles. The molecule has 1 aromatic heterocycles. The Bertz CT molecular complexity index is 999. The van der Waals surface area contributed by atoms with Crippen molar-refractivity contribution in [2.45, 2.75) is 59.3 Å². The summed E-state index contributed by atoms with van der Waals surface area (Å²) in [6.07, 6.45) is 3.31. The van der Waals surface area contributed by atoms with Crippen molar-refractivity contribution in [3.63, 3.8) is 0 Å². The number of aromatic nitrogens is 2. The van der Waals surface area contributed by atoms with E-state index < -0.39 is 11.6 Å². The van der Waals surface area contributed by atoms with E-state index in [0.717, 1.165) is 16.0 Å². The molecule has 1 saturated heterocycles. The largest absolute Gasteiger partial charge is 0.424 e. The van der Waals surface area contributed by atoms with Gasteiger partial charge in [-0.2, -0.15) is 0 Å². The molecule has 2 aromatic rings. The highest BCUT2D eigenvalue weighted by molar-refractivity contribution is 6.23. The van der Waals surface area contributed by atoms with Crippen molar-refractivity contribution in [3.8, 4) is 11.8 Å². The summed E-state index contributed by atoms with van der Waals surface area (Å²) in [5, 5.41) is 2.71. The molecule has 0 bridgehead atoms. The predicted molar refractivity (Wildman–Crippen MR) is 110 cm³/mol. The Morgan fingerprint density at radius 2 is 1.97 bits per heavy atom. The smallest absolute Gasteiger partial charge is 0.329 e. The third-order valence-corrected chi connectivity index (χ3v) is 5.64. The number of urea groups is 1. The minimum atomic E-state index is -0.914. The molecule has 2 atom stereocenters. The minimum absolute atomic E-state index is 0.00749. The van der Waals surface area contributed by atoms with Crippen LogP contribution in [-0.4, -0.2) is 27.4 Å².